The van der Waals surface area contributed by atoms with Gasteiger partial charge < -0.3 is 4.57 Å². The van der Waals surface area contributed by atoms with E-state index >= 15 is 0 Å². The summed E-state index contributed by atoms with van der Waals surface area (Å²) < 4.78 is 2.21. The van der Waals surface area contributed by atoms with Crippen molar-refractivity contribution in [2.24, 2.45) is 0 Å². The van der Waals surface area contributed by atoms with Crippen molar-refractivity contribution in [1.29, 1.82) is 0 Å². The van der Waals surface area contributed by atoms with E-state index in [1.54, 1.807) is 6.20 Å². The van der Waals surface area contributed by atoms with Crippen LogP contribution in [0.15, 0.2) is 72.9 Å². The highest BCUT2D eigenvalue weighted by molar-refractivity contribution is 5.71. The number of imidazole rings is 1. The minimum Gasteiger partial charge on any atom is -0.322 e. The quantitative estimate of drug-likeness (QED) is 0.559. The van der Waals surface area contributed by atoms with Crippen LogP contribution in [-0.4, -0.2) is 14.5 Å². The maximum absolute atomic E-state index is 4.53. The van der Waals surface area contributed by atoms with Crippen LogP contribution in [0.1, 0.15) is 11.4 Å². The number of hydrogen-bond acceptors (Lipinski definition) is 2. The number of fused-ring (bicyclic) bond motifs is 1. The van der Waals surface area contributed by atoms with Gasteiger partial charge in [0.2, 0.25) is 0 Å². The highest BCUT2D eigenvalue weighted by atomic mass is 15.1. The lowest BCUT2D eigenvalue weighted by molar-refractivity contribution is 0.786. The van der Waals surface area contributed by atoms with Crippen LogP contribution < -0.4 is 0 Å². The van der Waals surface area contributed by atoms with Crippen molar-refractivity contribution in [2.75, 3.05) is 0 Å². The smallest absolute Gasteiger partial charge is 0.177 e. The molecule has 0 bridgehead atoms. The SMILES string of the molecule is Cc1nc2ncccc2n1Cc1ccc(-c2ccccc2)cc1. The molecule has 0 unspecified atom stereocenters. The van der Waals surface area contributed by atoms with Crippen molar-refractivity contribution in [3.63, 3.8) is 0 Å². The molecule has 4 aromatic rings. The lowest BCUT2D eigenvalue weighted by atomic mass is 10.0. The molecule has 0 atom stereocenters. The third-order valence-electron chi connectivity index (χ3n) is 4.12. The molecule has 112 valence electrons. The molecule has 0 aliphatic heterocycles. The molecule has 0 amide bonds. The molecule has 0 fully saturated rings. The predicted octanol–water partition coefficient (Wildman–Crippen LogP) is 4.46. The standard InChI is InChI=1S/C20H17N3/c1-15-22-20-19(8-5-13-21-20)23(15)14-16-9-11-18(12-10-16)17-6-3-2-4-7-17/h2-13H,14H2,1H3. The van der Waals surface area contributed by atoms with Gasteiger partial charge in [0.15, 0.2) is 5.65 Å². The molecule has 2 aromatic carbocycles. The first-order valence-electron chi connectivity index (χ1n) is 7.73. The molecule has 0 aliphatic carbocycles. The van der Waals surface area contributed by atoms with E-state index in [0.29, 0.717) is 0 Å². The number of rotatable bonds is 3. The van der Waals surface area contributed by atoms with E-state index in [1.165, 1.54) is 16.7 Å². The molecule has 0 radical (unpaired) electrons. The lowest BCUT2D eigenvalue weighted by Gasteiger charge is -2.08. The first-order valence-corrected chi connectivity index (χ1v) is 7.73. The second kappa shape index (κ2) is 5.69. The molecule has 3 heteroatoms. The normalized spacial score (nSPS) is 11.0. The zero-order valence-electron chi connectivity index (χ0n) is 13.0. The summed E-state index contributed by atoms with van der Waals surface area (Å²) in [5, 5.41) is 0. The Morgan fingerprint density at radius 2 is 1.57 bits per heavy atom. The Hall–Kier alpha value is -2.94. The minimum absolute atomic E-state index is 0.809. The summed E-state index contributed by atoms with van der Waals surface area (Å²) in [6.07, 6.45) is 1.79. The van der Waals surface area contributed by atoms with Gasteiger partial charge in [-0.25, -0.2) is 9.97 Å². The summed E-state index contributed by atoms with van der Waals surface area (Å²) in [7, 11) is 0. The van der Waals surface area contributed by atoms with Crippen LogP contribution in [0.2, 0.25) is 0 Å². The van der Waals surface area contributed by atoms with E-state index in [0.717, 1.165) is 23.5 Å². The monoisotopic (exact) mass is 299 g/mol. The molecule has 3 nitrogen and oxygen atoms in total. The Morgan fingerprint density at radius 1 is 0.826 bits per heavy atom. The Balaban J connectivity index is 1.65. The molecule has 2 heterocycles. The number of pyridine rings is 1. The van der Waals surface area contributed by atoms with Crippen LogP contribution in [-0.2, 0) is 6.54 Å². The van der Waals surface area contributed by atoms with Crippen molar-refractivity contribution in [3.05, 3.63) is 84.3 Å². The topological polar surface area (TPSA) is 30.7 Å². The fraction of sp³-hybridized carbons (Fsp3) is 0.100. The summed E-state index contributed by atoms with van der Waals surface area (Å²) in [4.78, 5) is 8.85. The third kappa shape index (κ3) is 2.61. The summed E-state index contributed by atoms with van der Waals surface area (Å²) in [5.41, 5.74) is 5.63. The number of benzene rings is 2. The fourth-order valence-corrected chi connectivity index (χ4v) is 2.89. The summed E-state index contributed by atoms with van der Waals surface area (Å²) in [6, 6.07) is 23.2. The average Bonchev–Trinajstić information content (AvgIpc) is 2.92. The molecule has 2 aromatic heterocycles. The predicted molar refractivity (Wildman–Crippen MR) is 93.2 cm³/mol. The number of hydrogen-bond donors (Lipinski definition) is 0. The summed E-state index contributed by atoms with van der Waals surface area (Å²) >= 11 is 0. The minimum atomic E-state index is 0.809. The molecule has 0 aliphatic rings. The van der Waals surface area contributed by atoms with Crippen LogP contribution >= 0.6 is 0 Å². The average molecular weight is 299 g/mol. The van der Waals surface area contributed by atoms with Crippen molar-refractivity contribution in [2.45, 2.75) is 13.5 Å². The van der Waals surface area contributed by atoms with Gasteiger partial charge in [-0.15, -0.1) is 0 Å². The van der Waals surface area contributed by atoms with Crippen molar-refractivity contribution in [3.8, 4) is 11.1 Å². The van der Waals surface area contributed by atoms with Gasteiger partial charge in [-0.3, -0.25) is 0 Å². The van der Waals surface area contributed by atoms with Crippen molar-refractivity contribution >= 4 is 11.2 Å². The van der Waals surface area contributed by atoms with Gasteiger partial charge >= 0.3 is 0 Å². The fourth-order valence-electron chi connectivity index (χ4n) is 2.89. The van der Waals surface area contributed by atoms with E-state index < -0.39 is 0 Å². The summed E-state index contributed by atoms with van der Waals surface area (Å²) in [5.74, 6) is 0.992. The Bertz CT molecular complexity index is 938. The van der Waals surface area contributed by atoms with Crippen molar-refractivity contribution in [1.82, 2.24) is 14.5 Å². The highest BCUT2D eigenvalue weighted by Crippen LogP contribution is 2.21. The van der Waals surface area contributed by atoms with E-state index in [9.17, 15) is 0 Å². The van der Waals surface area contributed by atoms with Crippen LogP contribution in [0.4, 0.5) is 0 Å². The molecule has 4 rings (SSSR count). The van der Waals surface area contributed by atoms with Crippen LogP contribution in [0.25, 0.3) is 22.3 Å². The largest absolute Gasteiger partial charge is 0.322 e. The van der Waals surface area contributed by atoms with Crippen LogP contribution in [0.3, 0.4) is 0 Å². The van der Waals surface area contributed by atoms with Gasteiger partial charge in [0.05, 0.1) is 5.52 Å². The van der Waals surface area contributed by atoms with Gasteiger partial charge in [-0.05, 0) is 35.7 Å². The maximum Gasteiger partial charge on any atom is 0.177 e. The van der Waals surface area contributed by atoms with E-state index in [4.69, 9.17) is 0 Å². The van der Waals surface area contributed by atoms with E-state index in [2.05, 4.69) is 69.1 Å². The van der Waals surface area contributed by atoms with Gasteiger partial charge in [0.1, 0.15) is 5.82 Å². The Labute approximate surface area is 135 Å². The zero-order chi connectivity index (χ0) is 15.6. The van der Waals surface area contributed by atoms with Gasteiger partial charge in [-0.2, -0.15) is 0 Å². The number of aryl methyl sites for hydroxylation is 1. The van der Waals surface area contributed by atoms with Crippen LogP contribution in [0, 0.1) is 6.92 Å². The molecular formula is C20H17N3. The number of aromatic nitrogens is 3. The third-order valence-corrected chi connectivity index (χ3v) is 4.12. The molecule has 0 spiro atoms. The molecule has 0 saturated heterocycles. The van der Waals surface area contributed by atoms with E-state index in [-0.39, 0.29) is 0 Å². The highest BCUT2D eigenvalue weighted by Gasteiger charge is 2.08. The van der Waals surface area contributed by atoms with E-state index in [1.807, 2.05) is 19.1 Å². The maximum atomic E-state index is 4.53. The zero-order valence-corrected chi connectivity index (χ0v) is 13.0. The second-order valence-corrected chi connectivity index (χ2v) is 5.65. The first-order chi connectivity index (χ1) is 11.3. The van der Waals surface area contributed by atoms with Gasteiger partial charge in [0.25, 0.3) is 0 Å². The molecular weight excluding hydrogens is 282 g/mol. The molecule has 23 heavy (non-hydrogen) atoms. The van der Waals surface area contributed by atoms with Gasteiger partial charge in [0, 0.05) is 12.7 Å². The Morgan fingerprint density at radius 3 is 2.35 bits per heavy atom. The second-order valence-electron chi connectivity index (χ2n) is 5.65. The lowest BCUT2D eigenvalue weighted by Crippen LogP contribution is -2.01. The summed E-state index contributed by atoms with van der Waals surface area (Å²) in [6.45, 7) is 2.84. The first kappa shape index (κ1) is 13.7. The molecule has 0 N–H and O–H groups in total. The van der Waals surface area contributed by atoms with Crippen molar-refractivity contribution < 1.29 is 0 Å². The molecule has 0 saturated carbocycles. The van der Waals surface area contributed by atoms with Gasteiger partial charge in [-0.1, -0.05) is 54.6 Å². The van der Waals surface area contributed by atoms with Crippen LogP contribution in [0.5, 0.6) is 0 Å². The Kier molecular flexibility index (Phi) is 3.39. The number of nitrogens with zero attached hydrogens (tertiary/aromatic N) is 3.